The first-order chi connectivity index (χ1) is 9.11. The number of benzene rings is 1. The molecule has 2 rings (SSSR count). The average molecular weight is 262 g/mol. The van der Waals surface area contributed by atoms with Crippen molar-refractivity contribution >= 4 is 11.9 Å². The molecule has 0 unspecified atom stereocenters. The second-order valence-corrected chi connectivity index (χ2v) is 4.66. The highest BCUT2D eigenvalue weighted by atomic mass is 16.5. The van der Waals surface area contributed by atoms with Crippen LogP contribution in [0.15, 0.2) is 24.3 Å². The van der Waals surface area contributed by atoms with Crippen LogP contribution in [0.5, 0.6) is 0 Å². The van der Waals surface area contributed by atoms with Crippen molar-refractivity contribution in [2.24, 2.45) is 0 Å². The number of esters is 1. The van der Waals surface area contributed by atoms with E-state index in [0.29, 0.717) is 13.0 Å². The SMILES string of the molecule is COC(=O)[C@H](C)NC(=O)[C@@H]1Cc2ccccc2CN1. The summed E-state index contributed by atoms with van der Waals surface area (Å²) in [6, 6.07) is 7.10. The molecule has 19 heavy (non-hydrogen) atoms. The number of amides is 1. The Morgan fingerprint density at radius 1 is 1.37 bits per heavy atom. The van der Waals surface area contributed by atoms with Gasteiger partial charge in [0.15, 0.2) is 0 Å². The summed E-state index contributed by atoms with van der Waals surface area (Å²) < 4.78 is 4.58. The van der Waals surface area contributed by atoms with E-state index >= 15 is 0 Å². The number of fused-ring (bicyclic) bond motifs is 1. The van der Waals surface area contributed by atoms with Gasteiger partial charge in [0.1, 0.15) is 6.04 Å². The molecule has 0 spiro atoms. The zero-order valence-corrected chi connectivity index (χ0v) is 11.1. The maximum atomic E-state index is 12.1. The minimum Gasteiger partial charge on any atom is -0.467 e. The van der Waals surface area contributed by atoms with E-state index in [1.807, 2.05) is 24.3 Å². The van der Waals surface area contributed by atoms with Crippen LogP contribution in [0.2, 0.25) is 0 Å². The van der Waals surface area contributed by atoms with Crippen LogP contribution < -0.4 is 10.6 Å². The van der Waals surface area contributed by atoms with Gasteiger partial charge in [-0.1, -0.05) is 24.3 Å². The van der Waals surface area contributed by atoms with E-state index < -0.39 is 12.0 Å². The molecule has 1 heterocycles. The number of nitrogens with one attached hydrogen (secondary N) is 2. The first kappa shape index (κ1) is 13.5. The van der Waals surface area contributed by atoms with Crippen molar-refractivity contribution in [1.29, 1.82) is 0 Å². The topological polar surface area (TPSA) is 67.4 Å². The number of rotatable bonds is 3. The van der Waals surface area contributed by atoms with Gasteiger partial charge < -0.3 is 15.4 Å². The van der Waals surface area contributed by atoms with Crippen LogP contribution in [0.25, 0.3) is 0 Å². The quantitative estimate of drug-likeness (QED) is 0.773. The van der Waals surface area contributed by atoms with E-state index in [2.05, 4.69) is 15.4 Å². The van der Waals surface area contributed by atoms with Crippen molar-refractivity contribution < 1.29 is 14.3 Å². The van der Waals surface area contributed by atoms with E-state index in [4.69, 9.17) is 0 Å². The van der Waals surface area contributed by atoms with Gasteiger partial charge in [0.2, 0.25) is 5.91 Å². The lowest BCUT2D eigenvalue weighted by atomic mass is 9.95. The molecule has 0 aliphatic carbocycles. The first-order valence-corrected chi connectivity index (χ1v) is 6.30. The molecule has 1 aromatic rings. The molecule has 1 aromatic carbocycles. The van der Waals surface area contributed by atoms with Gasteiger partial charge in [0, 0.05) is 6.54 Å². The molecule has 0 saturated heterocycles. The van der Waals surface area contributed by atoms with Crippen molar-refractivity contribution in [3.05, 3.63) is 35.4 Å². The monoisotopic (exact) mass is 262 g/mol. The Labute approximate surface area is 112 Å². The summed E-state index contributed by atoms with van der Waals surface area (Å²) in [5.41, 5.74) is 2.39. The van der Waals surface area contributed by atoms with E-state index in [1.54, 1.807) is 6.92 Å². The van der Waals surface area contributed by atoms with E-state index in [0.717, 1.165) is 0 Å². The zero-order chi connectivity index (χ0) is 13.8. The molecule has 0 radical (unpaired) electrons. The standard InChI is InChI=1S/C14H18N2O3/c1-9(14(18)19-2)16-13(17)12-7-10-5-3-4-6-11(10)8-15-12/h3-6,9,12,15H,7-8H2,1-2H3,(H,16,17)/t9-,12-/m0/s1. The number of carbonyl (C=O) groups is 2. The van der Waals surface area contributed by atoms with Crippen LogP contribution in [0.1, 0.15) is 18.1 Å². The number of hydrogen-bond acceptors (Lipinski definition) is 4. The molecule has 1 aliphatic heterocycles. The highest BCUT2D eigenvalue weighted by Crippen LogP contribution is 2.16. The van der Waals surface area contributed by atoms with Crippen LogP contribution in [0.4, 0.5) is 0 Å². The molecule has 5 heteroatoms. The van der Waals surface area contributed by atoms with Gasteiger partial charge in [-0.2, -0.15) is 0 Å². The fourth-order valence-electron chi connectivity index (χ4n) is 2.19. The van der Waals surface area contributed by atoms with E-state index in [1.165, 1.54) is 18.2 Å². The highest BCUT2D eigenvalue weighted by molar-refractivity contribution is 5.87. The van der Waals surface area contributed by atoms with Gasteiger partial charge in [0.25, 0.3) is 0 Å². The molecule has 1 aliphatic rings. The highest BCUT2D eigenvalue weighted by Gasteiger charge is 2.26. The lowest BCUT2D eigenvalue weighted by Gasteiger charge is -2.26. The fraction of sp³-hybridized carbons (Fsp3) is 0.429. The molecule has 2 N–H and O–H groups in total. The smallest absolute Gasteiger partial charge is 0.328 e. The third-order valence-electron chi connectivity index (χ3n) is 3.31. The Morgan fingerprint density at radius 2 is 2.05 bits per heavy atom. The van der Waals surface area contributed by atoms with Gasteiger partial charge in [-0.05, 0) is 24.5 Å². The van der Waals surface area contributed by atoms with Gasteiger partial charge in [-0.3, -0.25) is 4.79 Å². The maximum Gasteiger partial charge on any atom is 0.328 e. The molecule has 0 aromatic heterocycles. The molecule has 0 bridgehead atoms. The number of methoxy groups -OCH3 is 1. The van der Waals surface area contributed by atoms with Crippen molar-refractivity contribution in [3.8, 4) is 0 Å². The Kier molecular flexibility index (Phi) is 4.16. The third kappa shape index (κ3) is 3.12. The molecule has 0 saturated carbocycles. The average Bonchev–Trinajstić information content (AvgIpc) is 2.45. The molecule has 5 nitrogen and oxygen atoms in total. The van der Waals surface area contributed by atoms with Gasteiger partial charge in [-0.25, -0.2) is 4.79 Å². The molecule has 102 valence electrons. The van der Waals surface area contributed by atoms with Crippen LogP contribution in [-0.4, -0.2) is 31.1 Å². The largest absolute Gasteiger partial charge is 0.467 e. The van der Waals surface area contributed by atoms with Crippen LogP contribution in [0.3, 0.4) is 0 Å². The summed E-state index contributed by atoms with van der Waals surface area (Å²) >= 11 is 0. The Bertz CT molecular complexity index is 487. The molecule has 2 atom stereocenters. The number of hydrogen-bond donors (Lipinski definition) is 2. The lowest BCUT2D eigenvalue weighted by molar-refractivity contribution is -0.144. The van der Waals surface area contributed by atoms with Crippen molar-refractivity contribution in [2.45, 2.75) is 32.0 Å². The lowest BCUT2D eigenvalue weighted by Crippen LogP contribution is -2.51. The fourth-order valence-corrected chi connectivity index (χ4v) is 2.19. The predicted octanol–water partition coefficient (Wildman–Crippen LogP) is 0.379. The van der Waals surface area contributed by atoms with Gasteiger partial charge in [0.05, 0.1) is 13.2 Å². The minimum absolute atomic E-state index is 0.174. The zero-order valence-electron chi connectivity index (χ0n) is 11.1. The summed E-state index contributed by atoms with van der Waals surface area (Å²) in [6.07, 6.45) is 0.635. The van der Waals surface area contributed by atoms with Crippen molar-refractivity contribution in [1.82, 2.24) is 10.6 Å². The summed E-state index contributed by atoms with van der Waals surface area (Å²) in [5, 5.41) is 5.83. The summed E-state index contributed by atoms with van der Waals surface area (Å²) in [7, 11) is 1.31. The van der Waals surface area contributed by atoms with Crippen LogP contribution in [0, 0.1) is 0 Å². The normalized spacial score (nSPS) is 19.2. The van der Waals surface area contributed by atoms with Crippen molar-refractivity contribution in [2.75, 3.05) is 7.11 Å². The van der Waals surface area contributed by atoms with Crippen LogP contribution in [-0.2, 0) is 27.3 Å². The summed E-state index contributed by atoms with van der Waals surface area (Å²) in [4.78, 5) is 23.3. The second-order valence-electron chi connectivity index (χ2n) is 4.66. The summed E-state index contributed by atoms with van der Waals surface area (Å²) in [5.74, 6) is -0.614. The van der Waals surface area contributed by atoms with Crippen LogP contribution >= 0.6 is 0 Å². The molecular formula is C14H18N2O3. The Hall–Kier alpha value is -1.88. The molecule has 1 amide bonds. The van der Waals surface area contributed by atoms with Gasteiger partial charge in [-0.15, -0.1) is 0 Å². The number of ether oxygens (including phenoxy) is 1. The Balaban J connectivity index is 1.97. The predicted molar refractivity (Wildman–Crippen MR) is 70.4 cm³/mol. The summed E-state index contributed by atoms with van der Waals surface area (Å²) in [6.45, 7) is 2.28. The molecule has 0 fully saturated rings. The number of carbonyl (C=O) groups excluding carboxylic acids is 2. The minimum atomic E-state index is -0.628. The third-order valence-corrected chi connectivity index (χ3v) is 3.31. The molecular weight excluding hydrogens is 244 g/mol. The second kappa shape index (κ2) is 5.84. The maximum absolute atomic E-state index is 12.1. The van der Waals surface area contributed by atoms with Crippen molar-refractivity contribution in [3.63, 3.8) is 0 Å². The Morgan fingerprint density at radius 3 is 2.74 bits per heavy atom. The first-order valence-electron chi connectivity index (χ1n) is 6.30. The van der Waals surface area contributed by atoms with E-state index in [9.17, 15) is 9.59 Å². The van der Waals surface area contributed by atoms with E-state index in [-0.39, 0.29) is 11.9 Å². The van der Waals surface area contributed by atoms with Gasteiger partial charge >= 0.3 is 5.97 Å².